The fourth-order valence-electron chi connectivity index (χ4n) is 1.67. The van der Waals surface area contributed by atoms with Gasteiger partial charge < -0.3 is 11.1 Å². The number of nitrogen functional groups attached to an aromatic ring is 1. The second-order valence-corrected chi connectivity index (χ2v) is 4.02. The largest absolute Gasteiger partial charge is 0.471 e. The molecule has 4 N–H and O–H groups in total. The van der Waals surface area contributed by atoms with E-state index in [0.29, 0.717) is 16.6 Å². The predicted molar refractivity (Wildman–Crippen MR) is 72.1 cm³/mol. The molecule has 0 aliphatic heterocycles. The van der Waals surface area contributed by atoms with Crippen molar-refractivity contribution in [1.82, 2.24) is 19.9 Å². The van der Waals surface area contributed by atoms with Gasteiger partial charge in [-0.3, -0.25) is 14.8 Å². The molecule has 0 bridgehead atoms. The number of nitrogens with zero attached hydrogens (tertiary/aromatic N) is 3. The van der Waals surface area contributed by atoms with Gasteiger partial charge in [0.15, 0.2) is 5.65 Å². The molecule has 2 heterocycles. The van der Waals surface area contributed by atoms with Crippen molar-refractivity contribution in [2.45, 2.75) is 6.18 Å². The lowest BCUT2D eigenvalue weighted by atomic mass is 10.2. The Labute approximate surface area is 121 Å². The monoisotopic (exact) mass is 310 g/mol. The number of rotatable bonds is 2. The van der Waals surface area contributed by atoms with Gasteiger partial charge in [-0.2, -0.15) is 13.2 Å². The molecular formula is C12H9F3N6O. The molecule has 0 aliphatic carbocycles. The summed E-state index contributed by atoms with van der Waals surface area (Å²) in [7, 11) is 0. The van der Waals surface area contributed by atoms with Crippen LogP contribution < -0.4 is 11.1 Å². The van der Waals surface area contributed by atoms with Crippen molar-refractivity contribution in [2.24, 2.45) is 0 Å². The fraction of sp³-hybridized carbons (Fsp3) is 0.167. The maximum Gasteiger partial charge on any atom is 0.471 e. The summed E-state index contributed by atoms with van der Waals surface area (Å²) in [6.45, 7) is -0.483. The van der Waals surface area contributed by atoms with Gasteiger partial charge in [0.25, 0.3) is 0 Å². The van der Waals surface area contributed by atoms with Gasteiger partial charge in [-0.25, -0.2) is 9.97 Å². The first kappa shape index (κ1) is 15.3. The van der Waals surface area contributed by atoms with Crippen molar-refractivity contribution in [1.29, 1.82) is 5.41 Å². The zero-order valence-electron chi connectivity index (χ0n) is 10.9. The van der Waals surface area contributed by atoms with Crippen molar-refractivity contribution < 1.29 is 18.0 Å². The third-order valence-corrected chi connectivity index (χ3v) is 2.60. The summed E-state index contributed by atoms with van der Waals surface area (Å²) >= 11 is 0. The topological polar surface area (TPSA) is 110 Å². The minimum Gasteiger partial charge on any atom is -0.383 e. The normalized spacial score (nSPS) is 10.9. The Morgan fingerprint density at radius 1 is 1.50 bits per heavy atom. The van der Waals surface area contributed by atoms with Gasteiger partial charge in [0.05, 0.1) is 23.8 Å². The van der Waals surface area contributed by atoms with Gasteiger partial charge in [-0.1, -0.05) is 11.8 Å². The Balaban J connectivity index is 2.25. The van der Waals surface area contributed by atoms with Gasteiger partial charge >= 0.3 is 12.1 Å². The molecule has 0 spiro atoms. The molecule has 2 aromatic rings. The van der Waals surface area contributed by atoms with Crippen LogP contribution in [-0.2, 0) is 4.79 Å². The third-order valence-electron chi connectivity index (χ3n) is 2.60. The molecule has 0 radical (unpaired) electrons. The summed E-state index contributed by atoms with van der Waals surface area (Å²) in [5.41, 5.74) is 6.41. The van der Waals surface area contributed by atoms with E-state index in [2.05, 4.69) is 21.8 Å². The van der Waals surface area contributed by atoms with E-state index in [0.717, 1.165) is 6.34 Å². The van der Waals surface area contributed by atoms with E-state index in [1.165, 1.54) is 17.1 Å². The first-order valence-electron chi connectivity index (χ1n) is 5.80. The lowest BCUT2D eigenvalue weighted by molar-refractivity contribution is -0.173. The zero-order chi connectivity index (χ0) is 16.3. The van der Waals surface area contributed by atoms with Crippen LogP contribution in [0.1, 0.15) is 5.56 Å². The number of amides is 1. The Kier molecular flexibility index (Phi) is 3.98. The molecule has 114 valence electrons. The Morgan fingerprint density at radius 3 is 2.86 bits per heavy atom. The van der Waals surface area contributed by atoms with E-state index >= 15 is 0 Å². The van der Waals surface area contributed by atoms with Crippen LogP contribution in [0.15, 0.2) is 12.5 Å². The number of nitrogens with one attached hydrogen (secondary N) is 2. The molecule has 0 saturated heterocycles. The van der Waals surface area contributed by atoms with Gasteiger partial charge in [0.2, 0.25) is 0 Å². The van der Waals surface area contributed by atoms with Gasteiger partial charge in [0, 0.05) is 6.20 Å². The maximum absolute atomic E-state index is 12.0. The van der Waals surface area contributed by atoms with Crippen molar-refractivity contribution in [2.75, 3.05) is 12.3 Å². The molecule has 0 saturated carbocycles. The lowest BCUT2D eigenvalue weighted by Gasteiger charge is -2.03. The third kappa shape index (κ3) is 2.98. The molecule has 2 aromatic heterocycles. The molecule has 7 nitrogen and oxygen atoms in total. The van der Waals surface area contributed by atoms with Crippen molar-refractivity contribution in [3.8, 4) is 11.8 Å². The highest BCUT2D eigenvalue weighted by Crippen LogP contribution is 2.22. The predicted octanol–water partition coefficient (Wildman–Crippen LogP) is 0.499. The Bertz CT molecular complexity index is 799. The number of carbonyl (C=O) groups excluding carboxylic acids is 1. The van der Waals surface area contributed by atoms with E-state index in [1.807, 2.05) is 0 Å². The van der Waals surface area contributed by atoms with E-state index in [-0.39, 0.29) is 5.82 Å². The number of anilines is 1. The molecule has 0 aliphatic rings. The van der Waals surface area contributed by atoms with Gasteiger partial charge in [0.1, 0.15) is 12.1 Å². The zero-order valence-corrected chi connectivity index (χ0v) is 10.9. The molecule has 2 rings (SSSR count). The van der Waals surface area contributed by atoms with Crippen LogP contribution in [0.5, 0.6) is 0 Å². The second-order valence-electron chi connectivity index (χ2n) is 4.02. The minimum atomic E-state index is -4.95. The smallest absolute Gasteiger partial charge is 0.383 e. The van der Waals surface area contributed by atoms with Crippen LogP contribution in [0.2, 0.25) is 0 Å². The summed E-state index contributed by atoms with van der Waals surface area (Å²) in [5.74, 6) is 3.02. The van der Waals surface area contributed by atoms with E-state index in [4.69, 9.17) is 11.1 Å². The quantitative estimate of drug-likeness (QED) is 0.426. The molecular weight excluding hydrogens is 301 g/mol. The lowest BCUT2D eigenvalue weighted by Crippen LogP contribution is -2.36. The second kappa shape index (κ2) is 5.72. The number of aromatic nitrogens is 3. The molecule has 1 amide bonds. The van der Waals surface area contributed by atoms with Gasteiger partial charge in [-0.15, -0.1) is 0 Å². The van der Waals surface area contributed by atoms with Crippen molar-refractivity contribution in [3.05, 3.63) is 18.1 Å². The molecule has 0 unspecified atom stereocenters. The number of fused-ring (bicyclic) bond motifs is 1. The number of hydrogen-bond donors (Lipinski definition) is 3. The minimum absolute atomic E-state index is 0.134. The standard InChI is InChI=1S/C12H9F3N6O/c13-12(14,15)11(22)18-3-1-2-7-4-21(5-16)10-8(7)9(17)19-6-20-10/h4-6,16H,3H2,(H,18,22)(H2,17,19,20). The summed E-state index contributed by atoms with van der Waals surface area (Å²) < 4.78 is 37.3. The summed E-state index contributed by atoms with van der Waals surface area (Å²) in [6.07, 6.45) is -1.30. The average Bonchev–Trinajstić information content (AvgIpc) is 2.81. The van der Waals surface area contributed by atoms with Gasteiger partial charge in [-0.05, 0) is 0 Å². The van der Waals surface area contributed by atoms with Crippen LogP contribution in [-0.4, -0.2) is 39.5 Å². The molecule has 0 atom stereocenters. The number of halogens is 3. The first-order valence-corrected chi connectivity index (χ1v) is 5.80. The Morgan fingerprint density at radius 2 is 2.23 bits per heavy atom. The SMILES string of the molecule is N=Cn1cc(C#CCNC(=O)C(F)(F)F)c2c(N)ncnc21. The summed E-state index contributed by atoms with van der Waals surface area (Å²) in [6, 6.07) is 0. The van der Waals surface area contributed by atoms with Crippen LogP contribution in [0, 0.1) is 17.3 Å². The highest BCUT2D eigenvalue weighted by molar-refractivity contribution is 5.95. The Hall–Kier alpha value is -3.09. The molecule has 22 heavy (non-hydrogen) atoms. The number of hydrogen-bond acceptors (Lipinski definition) is 5. The van der Waals surface area contributed by atoms with E-state index in [9.17, 15) is 18.0 Å². The van der Waals surface area contributed by atoms with Crippen LogP contribution in [0.25, 0.3) is 11.0 Å². The number of carbonyl (C=O) groups is 1. The van der Waals surface area contributed by atoms with Crippen LogP contribution in [0.4, 0.5) is 19.0 Å². The summed E-state index contributed by atoms with van der Waals surface area (Å²) in [5, 5.41) is 9.27. The highest BCUT2D eigenvalue weighted by atomic mass is 19.4. The molecule has 0 fully saturated rings. The van der Waals surface area contributed by atoms with Crippen molar-refractivity contribution in [3.63, 3.8) is 0 Å². The van der Waals surface area contributed by atoms with E-state index in [1.54, 1.807) is 5.32 Å². The van der Waals surface area contributed by atoms with Crippen molar-refractivity contribution >= 4 is 29.1 Å². The molecule has 0 aromatic carbocycles. The molecule has 10 heteroatoms. The first-order chi connectivity index (χ1) is 10.3. The van der Waals surface area contributed by atoms with Crippen LogP contribution >= 0.6 is 0 Å². The number of nitrogens with two attached hydrogens (primary N) is 1. The van der Waals surface area contributed by atoms with Crippen LogP contribution in [0.3, 0.4) is 0 Å². The maximum atomic E-state index is 12.0. The average molecular weight is 310 g/mol. The highest BCUT2D eigenvalue weighted by Gasteiger charge is 2.38. The van der Waals surface area contributed by atoms with E-state index < -0.39 is 18.6 Å². The fourth-order valence-corrected chi connectivity index (χ4v) is 1.67. The number of alkyl halides is 3. The summed E-state index contributed by atoms with van der Waals surface area (Å²) in [4.78, 5) is 18.4.